The van der Waals surface area contributed by atoms with Crippen LogP contribution in [0.15, 0.2) is 71.9 Å². The molecule has 2 fully saturated rings. The zero-order chi connectivity index (χ0) is 26.5. The first-order valence-electron chi connectivity index (χ1n) is 12.0. The number of hydrogen-bond acceptors (Lipinski definition) is 8. The number of aromatic nitrogens is 2. The molecular weight excluding hydrogens is 508 g/mol. The van der Waals surface area contributed by atoms with Crippen molar-refractivity contribution in [3.05, 3.63) is 83.0 Å². The number of amides is 3. The molecule has 10 nitrogen and oxygen atoms in total. The number of carbonyl (C=O) groups excluding carboxylic acids is 2. The minimum atomic E-state index is -0.928. The summed E-state index contributed by atoms with van der Waals surface area (Å²) in [5.74, 6) is 0.752. The highest BCUT2D eigenvalue weighted by Gasteiger charge is 2.33. The van der Waals surface area contributed by atoms with Crippen molar-refractivity contribution >= 4 is 35.1 Å². The van der Waals surface area contributed by atoms with E-state index < -0.39 is 12.0 Å². The lowest BCUT2D eigenvalue weighted by molar-refractivity contribution is -0.115. The predicted octanol–water partition coefficient (Wildman–Crippen LogP) is 4.73. The number of thioether (sulfide) groups is 1. The lowest BCUT2D eigenvalue weighted by atomic mass is 9.94. The number of rotatable bonds is 7. The second-order valence-electron chi connectivity index (χ2n) is 8.80. The summed E-state index contributed by atoms with van der Waals surface area (Å²) in [5.41, 5.74) is 1.82. The van der Waals surface area contributed by atoms with Crippen molar-refractivity contribution in [3.8, 4) is 17.5 Å². The van der Waals surface area contributed by atoms with Crippen molar-refractivity contribution in [3.63, 3.8) is 0 Å². The van der Waals surface area contributed by atoms with E-state index in [0.717, 1.165) is 22.9 Å². The molecule has 2 atom stereocenters. The zero-order valence-corrected chi connectivity index (χ0v) is 21.0. The molecule has 2 saturated heterocycles. The highest BCUT2D eigenvalue weighted by Crippen LogP contribution is 2.29. The molecule has 2 aliphatic heterocycles. The molecule has 3 amide bonds. The van der Waals surface area contributed by atoms with Crippen LogP contribution >= 0.6 is 11.8 Å². The van der Waals surface area contributed by atoms with Gasteiger partial charge in [-0.1, -0.05) is 42.5 Å². The Morgan fingerprint density at radius 1 is 1.11 bits per heavy atom. The van der Waals surface area contributed by atoms with Crippen LogP contribution < -0.4 is 14.8 Å². The van der Waals surface area contributed by atoms with Crippen molar-refractivity contribution in [2.75, 3.05) is 6.54 Å². The fourth-order valence-electron chi connectivity index (χ4n) is 4.39. The van der Waals surface area contributed by atoms with Crippen LogP contribution in [-0.4, -0.2) is 55.9 Å². The average molecular weight is 533 g/mol. The highest BCUT2D eigenvalue weighted by atomic mass is 32.2. The third kappa shape index (κ3) is 6.30. The normalized spacial score (nSPS) is 20.3. The minimum Gasteiger partial charge on any atom is -0.474 e. The van der Waals surface area contributed by atoms with Crippen LogP contribution in [0.1, 0.15) is 24.0 Å². The van der Waals surface area contributed by atoms with E-state index in [1.807, 2.05) is 30.3 Å². The number of carboxylic acid groups (broad SMARTS) is 1. The SMILES string of the molecule is O=C1NC(=O)C(=Cc2ccc(Oc3cc(OC4CCN(C(=O)O)C(Cc5ccccc5)C4)ncn3)cc2)S1. The average Bonchev–Trinajstić information content (AvgIpc) is 3.22. The Kier molecular flexibility index (Phi) is 7.55. The monoisotopic (exact) mass is 532 g/mol. The zero-order valence-electron chi connectivity index (χ0n) is 20.1. The number of nitrogens with zero attached hydrogens (tertiary/aromatic N) is 3. The molecule has 2 aromatic carbocycles. The molecule has 2 unspecified atom stereocenters. The summed E-state index contributed by atoms with van der Waals surface area (Å²) < 4.78 is 12.0. The third-order valence-electron chi connectivity index (χ3n) is 6.17. The summed E-state index contributed by atoms with van der Waals surface area (Å²) >= 11 is 0.861. The molecule has 0 radical (unpaired) electrons. The highest BCUT2D eigenvalue weighted by molar-refractivity contribution is 8.18. The number of carbonyl (C=O) groups is 3. The molecule has 2 aliphatic rings. The van der Waals surface area contributed by atoms with Crippen LogP contribution in [-0.2, 0) is 11.2 Å². The summed E-state index contributed by atoms with van der Waals surface area (Å²) in [6.45, 7) is 0.378. The summed E-state index contributed by atoms with van der Waals surface area (Å²) in [6.07, 6.45) is 3.56. The minimum absolute atomic E-state index is 0.202. The maximum Gasteiger partial charge on any atom is 0.407 e. The van der Waals surface area contributed by atoms with Crippen molar-refractivity contribution in [1.29, 1.82) is 0 Å². The van der Waals surface area contributed by atoms with E-state index in [4.69, 9.17) is 9.47 Å². The molecule has 3 aromatic rings. The number of ether oxygens (including phenoxy) is 2. The van der Waals surface area contributed by atoms with E-state index in [9.17, 15) is 19.5 Å². The molecule has 194 valence electrons. The van der Waals surface area contributed by atoms with Crippen molar-refractivity contribution < 1.29 is 29.0 Å². The summed E-state index contributed by atoms with van der Waals surface area (Å²) in [4.78, 5) is 45.0. The fourth-order valence-corrected chi connectivity index (χ4v) is 5.07. The number of nitrogens with one attached hydrogen (secondary N) is 1. The van der Waals surface area contributed by atoms with Crippen molar-refractivity contribution in [2.24, 2.45) is 0 Å². The molecule has 1 aromatic heterocycles. The van der Waals surface area contributed by atoms with Gasteiger partial charge in [-0.3, -0.25) is 14.9 Å². The molecule has 5 rings (SSSR count). The van der Waals surface area contributed by atoms with E-state index in [1.54, 1.807) is 36.4 Å². The fraction of sp³-hybridized carbons (Fsp3) is 0.222. The van der Waals surface area contributed by atoms with Gasteiger partial charge in [0.05, 0.1) is 11.0 Å². The van der Waals surface area contributed by atoms with E-state index >= 15 is 0 Å². The lowest BCUT2D eigenvalue weighted by Gasteiger charge is -2.37. The second kappa shape index (κ2) is 11.3. The number of imide groups is 1. The molecule has 0 saturated carbocycles. The maximum atomic E-state index is 11.8. The molecule has 0 bridgehead atoms. The second-order valence-corrected chi connectivity index (χ2v) is 9.82. The predicted molar refractivity (Wildman–Crippen MR) is 140 cm³/mol. The van der Waals surface area contributed by atoms with Gasteiger partial charge < -0.3 is 19.5 Å². The van der Waals surface area contributed by atoms with Crippen LogP contribution in [0, 0.1) is 0 Å². The van der Waals surface area contributed by atoms with Gasteiger partial charge in [0.2, 0.25) is 11.8 Å². The summed E-state index contributed by atoms with van der Waals surface area (Å²) in [5, 5.41) is 11.5. The number of piperidine rings is 1. The van der Waals surface area contributed by atoms with Crippen LogP contribution in [0.25, 0.3) is 6.08 Å². The van der Waals surface area contributed by atoms with Gasteiger partial charge in [-0.25, -0.2) is 14.8 Å². The van der Waals surface area contributed by atoms with E-state index in [1.165, 1.54) is 11.2 Å². The smallest absolute Gasteiger partial charge is 0.407 e. The maximum absolute atomic E-state index is 11.8. The molecular formula is C27H24N4O6S. The van der Waals surface area contributed by atoms with E-state index in [-0.39, 0.29) is 17.4 Å². The number of likely N-dealkylation sites (tertiary alicyclic amines) is 1. The first kappa shape index (κ1) is 25.3. The van der Waals surface area contributed by atoms with Gasteiger partial charge in [-0.2, -0.15) is 0 Å². The van der Waals surface area contributed by atoms with Gasteiger partial charge in [-0.05, 0) is 47.5 Å². The molecule has 11 heteroatoms. The Morgan fingerprint density at radius 3 is 2.58 bits per heavy atom. The number of benzene rings is 2. The van der Waals surface area contributed by atoms with Crippen molar-refractivity contribution in [1.82, 2.24) is 20.2 Å². The van der Waals surface area contributed by atoms with Crippen LogP contribution in [0.5, 0.6) is 17.5 Å². The molecule has 0 aliphatic carbocycles. The van der Waals surface area contributed by atoms with E-state index in [0.29, 0.717) is 48.2 Å². The first-order valence-corrected chi connectivity index (χ1v) is 12.8. The lowest BCUT2D eigenvalue weighted by Crippen LogP contribution is -2.49. The summed E-state index contributed by atoms with van der Waals surface area (Å²) in [6, 6.07) is 18.2. The molecule has 2 N–H and O–H groups in total. The van der Waals surface area contributed by atoms with E-state index in [2.05, 4.69) is 15.3 Å². The van der Waals surface area contributed by atoms with Gasteiger partial charge in [0.25, 0.3) is 11.1 Å². The van der Waals surface area contributed by atoms with Crippen LogP contribution in [0.2, 0.25) is 0 Å². The Morgan fingerprint density at radius 2 is 1.87 bits per heavy atom. The van der Waals surface area contributed by atoms with Gasteiger partial charge in [0, 0.05) is 25.4 Å². The standard InChI is InChI=1S/C27H24N4O6S/c32-25-22(38-26(33)30-25)13-18-6-8-20(9-7-18)36-23-15-24(29-16-28-23)37-21-10-11-31(27(34)35)19(14-21)12-17-4-2-1-3-5-17/h1-9,13,15-16,19,21H,10-12,14H2,(H,34,35)(H,30,32,33). The van der Waals surface area contributed by atoms with Crippen LogP contribution in [0.4, 0.5) is 9.59 Å². The Labute approximate surface area is 222 Å². The number of hydrogen-bond donors (Lipinski definition) is 2. The van der Waals surface area contributed by atoms with Gasteiger partial charge >= 0.3 is 6.09 Å². The molecule has 3 heterocycles. The topological polar surface area (TPSA) is 131 Å². The molecule has 0 spiro atoms. The quantitative estimate of drug-likeness (QED) is 0.415. The third-order valence-corrected chi connectivity index (χ3v) is 6.98. The summed E-state index contributed by atoms with van der Waals surface area (Å²) in [7, 11) is 0. The first-order chi connectivity index (χ1) is 18.4. The largest absolute Gasteiger partial charge is 0.474 e. The Hall–Kier alpha value is -4.38. The van der Waals surface area contributed by atoms with Gasteiger partial charge in [-0.15, -0.1) is 0 Å². The van der Waals surface area contributed by atoms with Crippen molar-refractivity contribution in [2.45, 2.75) is 31.4 Å². The molecule has 38 heavy (non-hydrogen) atoms. The Bertz CT molecular complexity index is 1370. The van der Waals surface area contributed by atoms with Crippen LogP contribution in [0.3, 0.4) is 0 Å². The van der Waals surface area contributed by atoms with Gasteiger partial charge in [0.1, 0.15) is 18.2 Å². The van der Waals surface area contributed by atoms with Gasteiger partial charge in [0.15, 0.2) is 0 Å². The Balaban J connectivity index is 1.21.